The van der Waals surface area contributed by atoms with E-state index in [1.165, 1.54) is 35.6 Å². The molecular weight excluding hydrogens is 506 g/mol. The molecule has 3 aromatic carbocycles. The van der Waals surface area contributed by atoms with E-state index in [-0.39, 0.29) is 34.2 Å². The summed E-state index contributed by atoms with van der Waals surface area (Å²) < 4.78 is 38.4. The van der Waals surface area contributed by atoms with Crippen molar-refractivity contribution in [1.82, 2.24) is 9.38 Å². The maximum absolute atomic E-state index is 13.0. The number of nitrogens with zero attached hydrogens (tertiary/aromatic N) is 3. The van der Waals surface area contributed by atoms with Crippen LogP contribution in [0.1, 0.15) is 12.5 Å². The summed E-state index contributed by atoms with van der Waals surface area (Å²) >= 11 is 1.24. The number of nitro groups is 1. The third-order valence-electron chi connectivity index (χ3n) is 5.23. The lowest BCUT2D eigenvalue weighted by Crippen LogP contribution is -2.22. The van der Waals surface area contributed by atoms with Gasteiger partial charge in [0, 0.05) is 12.1 Å². The number of thiazole rings is 1. The second-order valence-corrected chi connectivity index (χ2v) is 10.1. The predicted octanol–water partition coefficient (Wildman–Crippen LogP) is 3.53. The SMILES string of the molecule is CCOc1cc(/C=c2/sc3nc4ccccc4n3c2=O)ccc1OS(=O)(=O)c1cccc([N+](=O)[O-])c1. The third-order valence-corrected chi connectivity index (χ3v) is 7.43. The molecule has 2 aromatic heterocycles. The molecule has 2 heterocycles. The molecule has 0 aliphatic heterocycles. The maximum atomic E-state index is 13.0. The minimum atomic E-state index is -4.37. The summed E-state index contributed by atoms with van der Waals surface area (Å²) in [4.78, 5) is 28.0. The molecule has 5 rings (SSSR count). The minimum Gasteiger partial charge on any atom is -0.490 e. The summed E-state index contributed by atoms with van der Waals surface area (Å²) in [5.41, 5.74) is 1.45. The van der Waals surface area contributed by atoms with Crippen molar-refractivity contribution in [3.05, 3.63) is 97.3 Å². The lowest BCUT2D eigenvalue weighted by Gasteiger charge is -2.12. The minimum absolute atomic E-state index is 0.0881. The van der Waals surface area contributed by atoms with E-state index >= 15 is 0 Å². The van der Waals surface area contributed by atoms with Gasteiger partial charge in [0.15, 0.2) is 16.5 Å². The zero-order valence-electron chi connectivity index (χ0n) is 18.7. The average Bonchev–Trinajstić information content (AvgIpc) is 3.36. The lowest BCUT2D eigenvalue weighted by atomic mass is 10.2. The van der Waals surface area contributed by atoms with E-state index in [9.17, 15) is 23.3 Å². The fourth-order valence-corrected chi connectivity index (χ4v) is 5.60. The van der Waals surface area contributed by atoms with Crippen molar-refractivity contribution in [2.45, 2.75) is 11.8 Å². The van der Waals surface area contributed by atoms with Gasteiger partial charge in [0.1, 0.15) is 4.90 Å². The molecule has 10 nitrogen and oxygen atoms in total. The molecule has 0 bridgehead atoms. The van der Waals surface area contributed by atoms with Crippen molar-refractivity contribution in [1.29, 1.82) is 0 Å². The molecule has 0 unspecified atom stereocenters. The van der Waals surface area contributed by atoms with Gasteiger partial charge in [0.25, 0.3) is 11.2 Å². The van der Waals surface area contributed by atoms with Gasteiger partial charge in [0.2, 0.25) is 0 Å². The number of ether oxygens (including phenoxy) is 1. The fraction of sp³-hybridized carbons (Fsp3) is 0.0833. The molecular formula is C24H17N3O7S2. The first-order valence-electron chi connectivity index (χ1n) is 10.6. The number of rotatable bonds is 7. The standard InChI is InChI=1S/C24H17N3O7S2/c1-2-33-21-12-15(13-22-23(28)26-19-9-4-3-8-18(19)25-24(26)35-22)10-11-20(21)34-36(31,32)17-7-5-6-16(14-17)27(29)30/h3-14H,2H2,1H3/b22-13+. The van der Waals surface area contributed by atoms with E-state index in [0.717, 1.165) is 17.1 Å². The van der Waals surface area contributed by atoms with Crippen molar-refractivity contribution < 1.29 is 22.3 Å². The van der Waals surface area contributed by atoms with Gasteiger partial charge >= 0.3 is 10.1 Å². The van der Waals surface area contributed by atoms with Crippen LogP contribution in [0.25, 0.3) is 22.1 Å². The normalized spacial score (nSPS) is 12.3. The quantitative estimate of drug-likeness (QED) is 0.180. The molecule has 36 heavy (non-hydrogen) atoms. The van der Waals surface area contributed by atoms with Crippen molar-refractivity contribution in [2.24, 2.45) is 0 Å². The molecule has 12 heteroatoms. The van der Waals surface area contributed by atoms with E-state index < -0.39 is 15.0 Å². The Labute approximate surface area is 207 Å². The van der Waals surface area contributed by atoms with E-state index in [0.29, 0.717) is 15.1 Å². The zero-order valence-corrected chi connectivity index (χ0v) is 20.3. The van der Waals surface area contributed by atoms with Crippen LogP contribution in [-0.4, -0.2) is 29.3 Å². The highest BCUT2D eigenvalue weighted by Gasteiger charge is 2.22. The molecule has 0 radical (unpaired) electrons. The first kappa shape index (κ1) is 23.5. The summed E-state index contributed by atoms with van der Waals surface area (Å²) in [5.74, 6) is 0.0503. The van der Waals surface area contributed by atoms with E-state index in [1.54, 1.807) is 29.5 Å². The van der Waals surface area contributed by atoms with E-state index in [1.807, 2.05) is 24.3 Å². The molecule has 0 saturated carbocycles. The molecule has 0 spiro atoms. The molecule has 0 atom stereocenters. The van der Waals surface area contributed by atoms with Gasteiger partial charge in [0.05, 0.1) is 27.1 Å². The maximum Gasteiger partial charge on any atom is 0.339 e. The number of benzene rings is 3. The Morgan fingerprint density at radius 1 is 1.08 bits per heavy atom. The molecule has 0 saturated heterocycles. The molecule has 0 fully saturated rings. The van der Waals surface area contributed by atoms with Crippen molar-refractivity contribution in [2.75, 3.05) is 6.61 Å². The molecule has 0 aliphatic carbocycles. The number of hydrogen-bond donors (Lipinski definition) is 0. The second kappa shape index (κ2) is 9.06. The van der Waals surface area contributed by atoms with E-state index in [2.05, 4.69) is 4.98 Å². The summed E-state index contributed by atoms with van der Waals surface area (Å²) in [5, 5.41) is 11.0. The summed E-state index contributed by atoms with van der Waals surface area (Å²) in [6.45, 7) is 1.95. The number of nitro benzene ring substituents is 1. The van der Waals surface area contributed by atoms with E-state index in [4.69, 9.17) is 8.92 Å². The number of fused-ring (bicyclic) bond motifs is 3. The second-order valence-electron chi connectivity index (χ2n) is 7.57. The average molecular weight is 524 g/mol. The fourth-order valence-electron chi connectivity index (χ4n) is 3.63. The lowest BCUT2D eigenvalue weighted by molar-refractivity contribution is -0.385. The van der Waals surface area contributed by atoms with Crippen molar-refractivity contribution >= 4 is 49.2 Å². The molecule has 0 N–H and O–H groups in total. The summed E-state index contributed by atoms with van der Waals surface area (Å²) in [6.07, 6.45) is 1.66. The van der Waals surface area contributed by atoms with Gasteiger partial charge in [-0.3, -0.25) is 14.9 Å². The van der Waals surface area contributed by atoms with Crippen LogP contribution >= 0.6 is 11.3 Å². The van der Waals surface area contributed by atoms with Crippen LogP contribution in [-0.2, 0) is 10.1 Å². The number of aromatic nitrogens is 2. The van der Waals surface area contributed by atoms with Gasteiger partial charge in [-0.1, -0.05) is 35.6 Å². The van der Waals surface area contributed by atoms with Gasteiger partial charge in [-0.05, 0) is 48.9 Å². The smallest absolute Gasteiger partial charge is 0.339 e. The van der Waals surface area contributed by atoms with Crippen LogP contribution in [0.5, 0.6) is 11.5 Å². The number of para-hydroxylation sites is 2. The third kappa shape index (κ3) is 4.27. The van der Waals surface area contributed by atoms with Crippen LogP contribution in [0, 0.1) is 10.1 Å². The predicted molar refractivity (Wildman–Crippen MR) is 134 cm³/mol. The van der Waals surface area contributed by atoms with Gasteiger partial charge in [-0.2, -0.15) is 8.42 Å². The van der Waals surface area contributed by atoms with Crippen molar-refractivity contribution in [3.8, 4) is 11.5 Å². The van der Waals surface area contributed by atoms with Gasteiger partial charge in [-0.25, -0.2) is 9.38 Å². The number of hydrogen-bond acceptors (Lipinski definition) is 9. The van der Waals surface area contributed by atoms with Crippen LogP contribution in [0.2, 0.25) is 0 Å². The Morgan fingerprint density at radius 2 is 1.89 bits per heavy atom. The molecule has 0 amide bonds. The van der Waals surface area contributed by atoms with Crippen LogP contribution < -0.4 is 19.0 Å². The Balaban J connectivity index is 1.52. The Bertz CT molecular complexity index is 1860. The number of non-ortho nitro benzene ring substituents is 1. The summed E-state index contributed by atoms with van der Waals surface area (Å²) in [7, 11) is -4.37. The largest absolute Gasteiger partial charge is 0.490 e. The topological polar surface area (TPSA) is 130 Å². The first-order chi connectivity index (χ1) is 17.3. The molecule has 182 valence electrons. The van der Waals surface area contributed by atoms with Crippen molar-refractivity contribution in [3.63, 3.8) is 0 Å². The summed E-state index contributed by atoms with van der Waals surface area (Å²) in [6, 6.07) is 16.5. The Kier molecular flexibility index (Phi) is 5.90. The Hall–Kier alpha value is -4.29. The van der Waals surface area contributed by atoms with Gasteiger partial charge in [-0.15, -0.1) is 0 Å². The monoisotopic (exact) mass is 523 g/mol. The highest BCUT2D eigenvalue weighted by Crippen LogP contribution is 2.32. The van der Waals surface area contributed by atoms with Crippen LogP contribution in [0.4, 0.5) is 5.69 Å². The van der Waals surface area contributed by atoms with Crippen LogP contribution in [0.15, 0.2) is 76.4 Å². The Morgan fingerprint density at radius 3 is 2.67 bits per heavy atom. The number of imidazole rings is 1. The highest BCUT2D eigenvalue weighted by molar-refractivity contribution is 7.87. The highest BCUT2D eigenvalue weighted by atomic mass is 32.2. The van der Waals surface area contributed by atoms with Crippen LogP contribution in [0.3, 0.4) is 0 Å². The first-order valence-corrected chi connectivity index (χ1v) is 12.9. The van der Waals surface area contributed by atoms with Gasteiger partial charge < -0.3 is 8.92 Å². The molecule has 0 aliphatic rings. The molecule has 5 aromatic rings. The zero-order chi connectivity index (χ0) is 25.4.